The molecule has 4 rings (SSSR count). The molecule has 0 aliphatic rings. The Balaban J connectivity index is 1.95. The van der Waals surface area contributed by atoms with Crippen molar-refractivity contribution in [3.8, 4) is 6.07 Å². The molecule has 0 aliphatic carbocycles. The van der Waals surface area contributed by atoms with E-state index in [9.17, 15) is 5.26 Å². The summed E-state index contributed by atoms with van der Waals surface area (Å²) in [4.78, 5) is 11.0. The van der Waals surface area contributed by atoms with Crippen LogP contribution in [-0.4, -0.2) is 21.4 Å². The van der Waals surface area contributed by atoms with E-state index < -0.39 is 0 Å². The minimum atomic E-state index is 0.620. The molecule has 0 saturated carbocycles. The van der Waals surface area contributed by atoms with Gasteiger partial charge in [-0.05, 0) is 42.3 Å². The highest BCUT2D eigenvalue weighted by Crippen LogP contribution is 2.28. The zero-order valence-electron chi connectivity index (χ0n) is 14.1. The van der Waals surface area contributed by atoms with E-state index in [4.69, 9.17) is 4.98 Å². The first-order valence-corrected chi connectivity index (χ1v) is 8.10. The lowest BCUT2D eigenvalue weighted by atomic mass is 10.1. The molecule has 5 nitrogen and oxygen atoms in total. The number of benzene rings is 1. The molecule has 0 N–H and O–H groups in total. The van der Waals surface area contributed by atoms with Gasteiger partial charge in [-0.3, -0.25) is 9.38 Å². The lowest BCUT2D eigenvalue weighted by Crippen LogP contribution is -2.20. The number of hydrogen-bond acceptors (Lipinski definition) is 4. The van der Waals surface area contributed by atoms with E-state index in [1.807, 2.05) is 50.5 Å². The van der Waals surface area contributed by atoms with Crippen LogP contribution in [0.5, 0.6) is 0 Å². The summed E-state index contributed by atoms with van der Waals surface area (Å²) >= 11 is 0. The number of rotatable bonds is 3. The number of para-hydroxylation sites is 2. The van der Waals surface area contributed by atoms with Gasteiger partial charge in [0.25, 0.3) is 0 Å². The van der Waals surface area contributed by atoms with Crippen molar-refractivity contribution in [2.75, 3.05) is 11.9 Å². The Kier molecular flexibility index (Phi) is 3.58. The molecule has 0 fully saturated rings. The molecule has 0 bridgehead atoms. The van der Waals surface area contributed by atoms with Gasteiger partial charge in [0.1, 0.15) is 11.9 Å². The SMILES string of the molecule is Cc1cc(N(C)Cc2cccnc2)n2c(nc3ccccc32)c1C#N. The smallest absolute Gasteiger partial charge is 0.157 e. The monoisotopic (exact) mass is 327 g/mol. The number of aromatic nitrogens is 3. The van der Waals surface area contributed by atoms with Crippen LogP contribution < -0.4 is 4.90 Å². The van der Waals surface area contributed by atoms with Gasteiger partial charge >= 0.3 is 0 Å². The largest absolute Gasteiger partial charge is 0.356 e. The fourth-order valence-corrected chi connectivity index (χ4v) is 3.20. The lowest BCUT2D eigenvalue weighted by molar-refractivity contribution is 0.881. The Labute approximate surface area is 145 Å². The number of nitrogens with zero attached hydrogens (tertiary/aromatic N) is 5. The number of aryl methyl sites for hydroxylation is 1. The van der Waals surface area contributed by atoms with E-state index in [1.165, 1.54) is 0 Å². The van der Waals surface area contributed by atoms with E-state index in [-0.39, 0.29) is 0 Å². The first-order chi connectivity index (χ1) is 12.2. The molecule has 25 heavy (non-hydrogen) atoms. The zero-order valence-corrected chi connectivity index (χ0v) is 14.1. The first kappa shape index (κ1) is 15.2. The van der Waals surface area contributed by atoms with Crippen molar-refractivity contribution in [2.24, 2.45) is 0 Å². The van der Waals surface area contributed by atoms with Crippen molar-refractivity contribution in [3.05, 3.63) is 71.5 Å². The molecule has 0 amide bonds. The molecule has 0 spiro atoms. The highest BCUT2D eigenvalue weighted by molar-refractivity contribution is 5.85. The Morgan fingerprint density at radius 1 is 1.20 bits per heavy atom. The van der Waals surface area contributed by atoms with Crippen LogP contribution in [0.25, 0.3) is 16.7 Å². The van der Waals surface area contributed by atoms with E-state index >= 15 is 0 Å². The highest BCUT2D eigenvalue weighted by atomic mass is 15.2. The summed E-state index contributed by atoms with van der Waals surface area (Å²) in [6.45, 7) is 2.68. The number of anilines is 1. The zero-order chi connectivity index (χ0) is 17.4. The predicted octanol–water partition coefficient (Wildman–Crippen LogP) is 3.70. The van der Waals surface area contributed by atoms with Crippen LogP contribution in [0.2, 0.25) is 0 Å². The Bertz CT molecular complexity index is 1110. The molecule has 0 unspecified atom stereocenters. The second kappa shape index (κ2) is 5.91. The second-order valence-electron chi connectivity index (χ2n) is 6.15. The normalized spacial score (nSPS) is 10.9. The summed E-state index contributed by atoms with van der Waals surface area (Å²) in [7, 11) is 2.04. The van der Waals surface area contributed by atoms with Gasteiger partial charge < -0.3 is 4.90 Å². The van der Waals surface area contributed by atoms with Crippen LogP contribution >= 0.6 is 0 Å². The van der Waals surface area contributed by atoms with Crippen molar-refractivity contribution in [1.29, 1.82) is 5.26 Å². The van der Waals surface area contributed by atoms with Gasteiger partial charge in [0, 0.05) is 26.0 Å². The van der Waals surface area contributed by atoms with Crippen molar-refractivity contribution in [1.82, 2.24) is 14.4 Å². The number of nitriles is 1. The van der Waals surface area contributed by atoms with E-state index in [0.29, 0.717) is 11.2 Å². The topological polar surface area (TPSA) is 57.2 Å². The number of fused-ring (bicyclic) bond motifs is 3. The van der Waals surface area contributed by atoms with Crippen LogP contribution in [0.1, 0.15) is 16.7 Å². The van der Waals surface area contributed by atoms with Gasteiger partial charge in [0.15, 0.2) is 5.65 Å². The van der Waals surface area contributed by atoms with Gasteiger partial charge in [0.2, 0.25) is 0 Å². The minimum absolute atomic E-state index is 0.620. The van der Waals surface area contributed by atoms with Gasteiger partial charge in [-0.2, -0.15) is 5.26 Å². The second-order valence-corrected chi connectivity index (χ2v) is 6.15. The number of imidazole rings is 1. The van der Waals surface area contributed by atoms with Crippen LogP contribution in [0.4, 0.5) is 5.82 Å². The van der Waals surface area contributed by atoms with Crippen LogP contribution in [0.3, 0.4) is 0 Å². The molecule has 0 atom stereocenters. The van der Waals surface area contributed by atoms with Crippen LogP contribution in [-0.2, 0) is 6.54 Å². The quantitative estimate of drug-likeness (QED) is 0.576. The van der Waals surface area contributed by atoms with Gasteiger partial charge in [-0.1, -0.05) is 18.2 Å². The van der Waals surface area contributed by atoms with E-state index in [2.05, 4.69) is 32.5 Å². The Morgan fingerprint density at radius 2 is 2.04 bits per heavy atom. The van der Waals surface area contributed by atoms with Crippen molar-refractivity contribution < 1.29 is 0 Å². The van der Waals surface area contributed by atoms with E-state index in [1.54, 1.807) is 6.20 Å². The molecule has 4 aromatic rings. The standard InChI is InChI=1S/C20H17N5/c1-14-10-19(24(2)13-15-6-5-9-22-12-15)25-18-8-4-3-7-17(18)23-20(25)16(14)11-21/h3-10,12H,13H2,1-2H3. The summed E-state index contributed by atoms with van der Waals surface area (Å²) in [5.41, 5.74) is 5.28. The van der Waals surface area contributed by atoms with Gasteiger partial charge in [-0.25, -0.2) is 4.98 Å². The lowest BCUT2D eigenvalue weighted by Gasteiger charge is -2.22. The van der Waals surface area contributed by atoms with Crippen molar-refractivity contribution in [3.63, 3.8) is 0 Å². The van der Waals surface area contributed by atoms with Crippen molar-refractivity contribution >= 4 is 22.5 Å². The summed E-state index contributed by atoms with van der Waals surface area (Å²) in [5.74, 6) is 1.00. The molecule has 0 aliphatic heterocycles. The molecule has 5 heteroatoms. The molecule has 3 heterocycles. The number of hydrogen-bond donors (Lipinski definition) is 0. The number of pyridine rings is 2. The summed E-state index contributed by atoms with van der Waals surface area (Å²) in [5, 5.41) is 9.58. The highest BCUT2D eigenvalue weighted by Gasteiger charge is 2.17. The van der Waals surface area contributed by atoms with Crippen LogP contribution in [0, 0.1) is 18.3 Å². The molecule has 0 radical (unpaired) electrons. The molecular formula is C20H17N5. The molecular weight excluding hydrogens is 310 g/mol. The predicted molar refractivity (Wildman–Crippen MR) is 98.5 cm³/mol. The third kappa shape index (κ3) is 2.48. The fourth-order valence-electron chi connectivity index (χ4n) is 3.20. The fraction of sp³-hybridized carbons (Fsp3) is 0.150. The third-order valence-corrected chi connectivity index (χ3v) is 4.40. The first-order valence-electron chi connectivity index (χ1n) is 8.10. The molecule has 1 aromatic carbocycles. The summed E-state index contributed by atoms with van der Waals surface area (Å²) in [6, 6.07) is 16.3. The van der Waals surface area contributed by atoms with Crippen LogP contribution in [0.15, 0.2) is 54.9 Å². The molecule has 0 saturated heterocycles. The maximum absolute atomic E-state index is 9.58. The maximum Gasteiger partial charge on any atom is 0.157 e. The van der Waals surface area contributed by atoms with Gasteiger partial charge in [0.05, 0.1) is 16.6 Å². The maximum atomic E-state index is 9.58. The van der Waals surface area contributed by atoms with Crippen molar-refractivity contribution in [2.45, 2.75) is 13.5 Å². The minimum Gasteiger partial charge on any atom is -0.356 e. The Morgan fingerprint density at radius 3 is 2.80 bits per heavy atom. The molecule has 122 valence electrons. The third-order valence-electron chi connectivity index (χ3n) is 4.40. The van der Waals surface area contributed by atoms with Gasteiger partial charge in [-0.15, -0.1) is 0 Å². The average molecular weight is 327 g/mol. The summed E-state index contributed by atoms with van der Waals surface area (Å²) in [6.07, 6.45) is 3.65. The molecule has 3 aromatic heterocycles. The Hall–Kier alpha value is -3.39. The summed E-state index contributed by atoms with van der Waals surface area (Å²) < 4.78 is 2.07. The van der Waals surface area contributed by atoms with E-state index in [0.717, 1.165) is 34.5 Å². The average Bonchev–Trinajstić information content (AvgIpc) is 3.01.